The Kier molecular flexibility index (Phi) is 4.28. The van der Waals surface area contributed by atoms with E-state index in [1.165, 1.54) is 0 Å². The Morgan fingerprint density at radius 3 is 2.88 bits per heavy atom. The Hall–Kier alpha value is -1.58. The third-order valence-electron chi connectivity index (χ3n) is 2.35. The number of carbonyl (C=O) groups excluding carboxylic acids is 1. The SMILES string of the molecule is CC(C)CCN(C)c1cc[c]c(C(N)=O)n1. The molecule has 0 atom stereocenters. The Morgan fingerprint density at radius 1 is 1.62 bits per heavy atom. The van der Waals surface area contributed by atoms with Crippen LogP contribution in [0.1, 0.15) is 30.8 Å². The van der Waals surface area contributed by atoms with Crippen molar-refractivity contribution in [1.29, 1.82) is 0 Å². The Labute approximate surface area is 96.5 Å². The van der Waals surface area contributed by atoms with E-state index in [9.17, 15) is 4.79 Å². The fourth-order valence-corrected chi connectivity index (χ4v) is 1.28. The molecule has 0 unspecified atom stereocenters. The van der Waals surface area contributed by atoms with E-state index >= 15 is 0 Å². The second-order valence-electron chi connectivity index (χ2n) is 4.26. The molecule has 4 nitrogen and oxygen atoms in total. The van der Waals surface area contributed by atoms with Gasteiger partial charge in [0.15, 0.2) is 0 Å². The van der Waals surface area contributed by atoms with Gasteiger partial charge >= 0.3 is 0 Å². The number of amides is 1. The van der Waals surface area contributed by atoms with Crippen LogP contribution in [-0.2, 0) is 0 Å². The number of aromatic nitrogens is 1. The summed E-state index contributed by atoms with van der Waals surface area (Å²) in [5.41, 5.74) is 5.34. The number of primary amides is 1. The molecule has 4 heteroatoms. The third-order valence-corrected chi connectivity index (χ3v) is 2.35. The van der Waals surface area contributed by atoms with Crippen LogP contribution in [-0.4, -0.2) is 24.5 Å². The number of anilines is 1. The molecule has 1 aromatic heterocycles. The maximum atomic E-state index is 11.0. The van der Waals surface area contributed by atoms with Crippen LogP contribution in [0, 0.1) is 12.0 Å². The van der Waals surface area contributed by atoms with Gasteiger partial charge in [0, 0.05) is 19.7 Å². The summed E-state index contributed by atoms with van der Waals surface area (Å²) in [4.78, 5) is 17.1. The lowest BCUT2D eigenvalue weighted by Crippen LogP contribution is -2.22. The van der Waals surface area contributed by atoms with Crippen LogP contribution in [0.25, 0.3) is 0 Å². The zero-order valence-electron chi connectivity index (χ0n) is 10.0. The van der Waals surface area contributed by atoms with Crippen molar-refractivity contribution in [3.8, 4) is 0 Å². The Balaban J connectivity index is 2.71. The molecule has 1 amide bonds. The minimum atomic E-state index is -0.542. The summed E-state index contributed by atoms with van der Waals surface area (Å²) < 4.78 is 0. The van der Waals surface area contributed by atoms with Crippen LogP contribution in [0.15, 0.2) is 12.1 Å². The fraction of sp³-hybridized carbons (Fsp3) is 0.500. The molecule has 16 heavy (non-hydrogen) atoms. The van der Waals surface area contributed by atoms with Gasteiger partial charge in [-0.05, 0) is 24.5 Å². The first-order chi connectivity index (χ1) is 7.50. The number of carbonyl (C=O) groups is 1. The average Bonchev–Trinajstić information content (AvgIpc) is 2.26. The van der Waals surface area contributed by atoms with E-state index in [0.717, 1.165) is 18.8 Å². The highest BCUT2D eigenvalue weighted by atomic mass is 16.1. The monoisotopic (exact) mass is 220 g/mol. The van der Waals surface area contributed by atoms with Gasteiger partial charge in [0.1, 0.15) is 11.5 Å². The first-order valence-electron chi connectivity index (χ1n) is 5.40. The standard InChI is InChI=1S/C12H18N3O/c1-9(2)7-8-15(3)11-6-4-5-10(14-11)12(13)16/h4,6,9H,7-8H2,1-3H3,(H2,13,16). The molecule has 1 radical (unpaired) electrons. The molecule has 0 aromatic carbocycles. The number of nitrogens with two attached hydrogens (primary N) is 1. The maximum Gasteiger partial charge on any atom is 0.268 e. The van der Waals surface area contributed by atoms with Crippen LogP contribution in [0.5, 0.6) is 0 Å². The van der Waals surface area contributed by atoms with E-state index < -0.39 is 5.91 Å². The van der Waals surface area contributed by atoms with Crippen molar-refractivity contribution in [2.75, 3.05) is 18.5 Å². The van der Waals surface area contributed by atoms with Gasteiger partial charge < -0.3 is 10.6 Å². The zero-order chi connectivity index (χ0) is 12.1. The molecule has 2 N–H and O–H groups in total. The third kappa shape index (κ3) is 3.53. The van der Waals surface area contributed by atoms with Gasteiger partial charge in [-0.3, -0.25) is 4.79 Å². The van der Waals surface area contributed by atoms with E-state index in [1.807, 2.05) is 18.0 Å². The van der Waals surface area contributed by atoms with E-state index in [2.05, 4.69) is 24.9 Å². The summed E-state index contributed by atoms with van der Waals surface area (Å²) in [7, 11) is 1.95. The van der Waals surface area contributed by atoms with Crippen molar-refractivity contribution in [2.45, 2.75) is 20.3 Å². The predicted octanol–water partition coefficient (Wildman–Crippen LogP) is 1.46. The summed E-state index contributed by atoms with van der Waals surface area (Å²) in [6.45, 7) is 5.26. The molecule has 0 aliphatic rings. The van der Waals surface area contributed by atoms with Gasteiger partial charge in [0.2, 0.25) is 0 Å². The van der Waals surface area contributed by atoms with Crippen molar-refractivity contribution in [3.63, 3.8) is 0 Å². The molecule has 1 rings (SSSR count). The molecular weight excluding hydrogens is 202 g/mol. The van der Waals surface area contributed by atoms with E-state index in [4.69, 9.17) is 5.73 Å². The van der Waals surface area contributed by atoms with Crippen LogP contribution in [0.2, 0.25) is 0 Å². The topological polar surface area (TPSA) is 59.2 Å². The lowest BCUT2D eigenvalue weighted by molar-refractivity contribution is 0.0995. The molecule has 0 bridgehead atoms. The zero-order valence-corrected chi connectivity index (χ0v) is 10.0. The molecule has 0 saturated heterocycles. The Bertz CT molecular complexity index is 363. The second kappa shape index (κ2) is 5.49. The van der Waals surface area contributed by atoms with Gasteiger partial charge in [-0.15, -0.1) is 0 Å². The van der Waals surface area contributed by atoms with Crippen LogP contribution < -0.4 is 10.6 Å². The molecule has 0 fully saturated rings. The number of hydrogen-bond acceptors (Lipinski definition) is 3. The number of pyridine rings is 1. The predicted molar refractivity (Wildman–Crippen MR) is 64.3 cm³/mol. The maximum absolute atomic E-state index is 11.0. The molecule has 0 spiro atoms. The number of rotatable bonds is 5. The van der Waals surface area contributed by atoms with Gasteiger partial charge in [0.25, 0.3) is 5.91 Å². The fourth-order valence-electron chi connectivity index (χ4n) is 1.28. The van der Waals surface area contributed by atoms with Crippen molar-refractivity contribution in [2.24, 2.45) is 11.7 Å². The van der Waals surface area contributed by atoms with E-state index in [0.29, 0.717) is 5.92 Å². The molecular formula is C12H18N3O. The highest BCUT2D eigenvalue weighted by Gasteiger charge is 2.07. The first-order valence-corrected chi connectivity index (χ1v) is 5.40. The summed E-state index contributed by atoms with van der Waals surface area (Å²) in [5, 5.41) is 0. The summed E-state index contributed by atoms with van der Waals surface area (Å²) >= 11 is 0. The van der Waals surface area contributed by atoms with E-state index in [1.54, 1.807) is 6.07 Å². The number of hydrogen-bond donors (Lipinski definition) is 1. The molecule has 0 aliphatic carbocycles. The highest BCUT2D eigenvalue weighted by Crippen LogP contribution is 2.11. The minimum Gasteiger partial charge on any atom is -0.364 e. The normalized spacial score (nSPS) is 10.5. The molecule has 0 saturated carbocycles. The lowest BCUT2D eigenvalue weighted by atomic mass is 10.1. The largest absolute Gasteiger partial charge is 0.364 e. The smallest absolute Gasteiger partial charge is 0.268 e. The molecule has 0 aliphatic heterocycles. The summed E-state index contributed by atoms with van der Waals surface area (Å²) in [5.74, 6) is 0.862. The molecule has 1 aromatic rings. The minimum absolute atomic E-state index is 0.189. The van der Waals surface area contributed by atoms with Gasteiger partial charge in [0.05, 0.1) is 0 Å². The van der Waals surface area contributed by atoms with E-state index in [-0.39, 0.29) is 5.69 Å². The van der Waals surface area contributed by atoms with Crippen LogP contribution in [0.3, 0.4) is 0 Å². The van der Waals surface area contributed by atoms with Gasteiger partial charge in [-0.2, -0.15) is 0 Å². The highest BCUT2D eigenvalue weighted by molar-refractivity contribution is 5.90. The summed E-state index contributed by atoms with van der Waals surface area (Å²) in [6.07, 6.45) is 1.09. The van der Waals surface area contributed by atoms with Crippen LogP contribution in [0.4, 0.5) is 5.82 Å². The average molecular weight is 220 g/mol. The second-order valence-corrected chi connectivity index (χ2v) is 4.26. The first kappa shape index (κ1) is 12.5. The van der Waals surface area contributed by atoms with Crippen molar-refractivity contribution >= 4 is 11.7 Å². The van der Waals surface area contributed by atoms with Gasteiger partial charge in [-0.1, -0.05) is 13.8 Å². The van der Waals surface area contributed by atoms with Gasteiger partial charge in [-0.25, -0.2) is 4.98 Å². The number of nitrogens with zero attached hydrogens (tertiary/aromatic N) is 2. The molecule has 87 valence electrons. The lowest BCUT2D eigenvalue weighted by Gasteiger charge is -2.19. The Morgan fingerprint density at radius 2 is 2.31 bits per heavy atom. The summed E-state index contributed by atoms with van der Waals surface area (Å²) in [6, 6.07) is 6.22. The van der Waals surface area contributed by atoms with Crippen molar-refractivity contribution < 1.29 is 4.79 Å². The van der Waals surface area contributed by atoms with Crippen LogP contribution >= 0.6 is 0 Å². The molecule has 1 heterocycles. The van der Waals surface area contributed by atoms with Crippen molar-refractivity contribution in [1.82, 2.24) is 4.98 Å². The van der Waals surface area contributed by atoms with Crippen molar-refractivity contribution in [3.05, 3.63) is 23.9 Å². The quantitative estimate of drug-likeness (QED) is 0.817.